The van der Waals surface area contributed by atoms with Gasteiger partial charge in [0.25, 0.3) is 11.6 Å². The van der Waals surface area contributed by atoms with E-state index in [0.29, 0.717) is 12.1 Å². The molecule has 0 radical (unpaired) electrons. The number of ether oxygens (including phenoxy) is 1. The first-order chi connectivity index (χ1) is 14.8. The molecule has 0 aliphatic carbocycles. The molecule has 2 N–H and O–H groups in total. The number of pyridine rings is 1. The summed E-state index contributed by atoms with van der Waals surface area (Å²) in [6.07, 6.45) is -4.86. The van der Waals surface area contributed by atoms with Gasteiger partial charge in [-0.05, 0) is 32.0 Å². The second-order valence-corrected chi connectivity index (χ2v) is 7.25. The van der Waals surface area contributed by atoms with Crippen LogP contribution in [-0.2, 0) is 20.5 Å². The third kappa shape index (κ3) is 6.44. The number of nitro groups is 1. The van der Waals surface area contributed by atoms with Gasteiger partial charge in [-0.3, -0.25) is 14.9 Å². The second kappa shape index (κ2) is 10.0. The van der Waals surface area contributed by atoms with Crippen molar-refractivity contribution in [1.82, 2.24) is 4.98 Å². The van der Waals surface area contributed by atoms with Gasteiger partial charge in [0.1, 0.15) is 11.7 Å². The van der Waals surface area contributed by atoms with Crippen LogP contribution in [-0.4, -0.2) is 33.9 Å². The van der Waals surface area contributed by atoms with Gasteiger partial charge in [-0.25, -0.2) is 9.78 Å². The van der Waals surface area contributed by atoms with E-state index in [2.05, 4.69) is 15.6 Å². The molecule has 0 spiro atoms. The SMILES string of the molecule is CC(Nc1ccc(C(F)(F)F)cc1[N+](=O)[O-])C(=O)OC(C)C(=O)Nc1ncc(Cl)cc1Cl. The van der Waals surface area contributed by atoms with Crippen molar-refractivity contribution in [3.63, 3.8) is 0 Å². The van der Waals surface area contributed by atoms with Gasteiger partial charge in [0.05, 0.1) is 20.5 Å². The topological polar surface area (TPSA) is 123 Å². The number of rotatable bonds is 7. The number of amides is 1. The molecule has 172 valence electrons. The summed E-state index contributed by atoms with van der Waals surface area (Å²) >= 11 is 11.6. The number of hydrogen-bond acceptors (Lipinski definition) is 7. The fraction of sp³-hybridized carbons (Fsp3) is 0.278. The van der Waals surface area contributed by atoms with E-state index < -0.39 is 46.4 Å². The van der Waals surface area contributed by atoms with Crippen molar-refractivity contribution in [3.8, 4) is 0 Å². The Balaban J connectivity index is 2.06. The van der Waals surface area contributed by atoms with Crippen LogP contribution in [0, 0.1) is 10.1 Å². The number of nitrogens with one attached hydrogen (secondary N) is 2. The Morgan fingerprint density at radius 1 is 1.22 bits per heavy atom. The quantitative estimate of drug-likeness (QED) is 0.325. The first-order valence-electron chi connectivity index (χ1n) is 8.74. The van der Waals surface area contributed by atoms with Gasteiger partial charge >= 0.3 is 12.1 Å². The van der Waals surface area contributed by atoms with Crippen LogP contribution in [0.25, 0.3) is 0 Å². The lowest BCUT2D eigenvalue weighted by Gasteiger charge is -2.18. The number of benzene rings is 1. The number of nitro benzene ring substituents is 1. The molecule has 2 unspecified atom stereocenters. The van der Waals surface area contributed by atoms with E-state index in [4.69, 9.17) is 27.9 Å². The monoisotopic (exact) mass is 494 g/mol. The Bertz CT molecular complexity index is 1050. The standard InChI is InChI=1S/C18H15Cl2F3N4O5/c1-8(25-13-4-3-10(18(21,22)23)5-14(13)27(30)31)17(29)32-9(2)16(28)26-15-12(20)6-11(19)7-24-15/h3-9,25H,1-2H3,(H,24,26,28). The highest BCUT2D eigenvalue weighted by Gasteiger charge is 2.33. The fourth-order valence-corrected chi connectivity index (χ4v) is 2.76. The van der Waals surface area contributed by atoms with E-state index in [0.717, 1.165) is 6.07 Å². The zero-order valence-corrected chi connectivity index (χ0v) is 17.9. The fourth-order valence-electron chi connectivity index (χ4n) is 2.33. The molecule has 0 bridgehead atoms. The third-order valence-corrected chi connectivity index (χ3v) is 4.45. The van der Waals surface area contributed by atoms with Crippen molar-refractivity contribution in [2.45, 2.75) is 32.2 Å². The summed E-state index contributed by atoms with van der Waals surface area (Å²) in [6, 6.07) is 1.91. The number of nitrogens with zero attached hydrogens (tertiary/aromatic N) is 2. The van der Waals surface area contributed by atoms with Gasteiger partial charge < -0.3 is 15.4 Å². The molecule has 2 atom stereocenters. The van der Waals surface area contributed by atoms with Crippen LogP contribution >= 0.6 is 23.2 Å². The van der Waals surface area contributed by atoms with Gasteiger partial charge in [0.15, 0.2) is 11.9 Å². The summed E-state index contributed by atoms with van der Waals surface area (Å²) in [7, 11) is 0. The molecule has 0 aliphatic rings. The predicted molar refractivity (Wildman–Crippen MR) is 110 cm³/mol. The normalized spacial score (nSPS) is 13.1. The molecule has 1 aromatic carbocycles. The van der Waals surface area contributed by atoms with Gasteiger partial charge in [0.2, 0.25) is 0 Å². The van der Waals surface area contributed by atoms with Crippen LogP contribution in [0.1, 0.15) is 19.4 Å². The Kier molecular flexibility index (Phi) is 7.86. The van der Waals surface area contributed by atoms with Crippen molar-refractivity contribution in [2.75, 3.05) is 10.6 Å². The van der Waals surface area contributed by atoms with E-state index in [1.165, 1.54) is 26.1 Å². The molecular weight excluding hydrogens is 480 g/mol. The lowest BCUT2D eigenvalue weighted by molar-refractivity contribution is -0.384. The Morgan fingerprint density at radius 2 is 1.88 bits per heavy atom. The molecule has 0 aliphatic heterocycles. The van der Waals surface area contributed by atoms with Gasteiger partial charge in [-0.15, -0.1) is 0 Å². The summed E-state index contributed by atoms with van der Waals surface area (Å²) in [5, 5.41) is 16.2. The minimum Gasteiger partial charge on any atom is -0.451 e. The molecule has 14 heteroatoms. The van der Waals surface area contributed by atoms with E-state index in [-0.39, 0.29) is 21.6 Å². The lowest BCUT2D eigenvalue weighted by atomic mass is 10.1. The van der Waals surface area contributed by atoms with Crippen molar-refractivity contribution >= 4 is 52.3 Å². The van der Waals surface area contributed by atoms with Crippen LogP contribution in [0.3, 0.4) is 0 Å². The highest BCUT2D eigenvalue weighted by Crippen LogP contribution is 2.35. The first kappa shape index (κ1) is 25.1. The molecule has 2 rings (SSSR count). The molecule has 0 saturated heterocycles. The Hall–Kier alpha value is -3.12. The van der Waals surface area contributed by atoms with Crippen LogP contribution in [0.2, 0.25) is 10.0 Å². The molecule has 32 heavy (non-hydrogen) atoms. The molecular formula is C18H15Cl2F3N4O5. The van der Waals surface area contributed by atoms with Crippen LogP contribution in [0.4, 0.5) is 30.4 Å². The number of anilines is 2. The summed E-state index contributed by atoms with van der Waals surface area (Å²) in [5.41, 5.74) is -2.43. The van der Waals surface area contributed by atoms with E-state index in [1.54, 1.807) is 0 Å². The summed E-state index contributed by atoms with van der Waals surface area (Å²) in [4.78, 5) is 38.4. The van der Waals surface area contributed by atoms with Crippen LogP contribution in [0.5, 0.6) is 0 Å². The van der Waals surface area contributed by atoms with Gasteiger partial charge in [-0.2, -0.15) is 13.2 Å². The lowest BCUT2D eigenvalue weighted by Crippen LogP contribution is -2.36. The summed E-state index contributed by atoms with van der Waals surface area (Å²) in [6.45, 7) is 2.51. The number of esters is 1. The molecule has 0 saturated carbocycles. The Labute approximate surface area is 189 Å². The number of carbonyl (C=O) groups excluding carboxylic acids is 2. The van der Waals surface area contributed by atoms with Crippen LogP contribution in [0.15, 0.2) is 30.5 Å². The number of alkyl halides is 3. The average molecular weight is 495 g/mol. The number of carbonyl (C=O) groups is 2. The van der Waals surface area contributed by atoms with E-state index in [9.17, 15) is 32.9 Å². The minimum atomic E-state index is -4.78. The third-order valence-electron chi connectivity index (χ3n) is 3.96. The number of halogens is 5. The summed E-state index contributed by atoms with van der Waals surface area (Å²) in [5.74, 6) is -1.78. The number of aromatic nitrogens is 1. The molecule has 1 heterocycles. The van der Waals surface area contributed by atoms with Crippen molar-refractivity contribution in [1.29, 1.82) is 0 Å². The van der Waals surface area contributed by atoms with E-state index in [1.807, 2.05) is 0 Å². The van der Waals surface area contributed by atoms with E-state index >= 15 is 0 Å². The molecule has 9 nitrogen and oxygen atoms in total. The molecule has 1 aromatic heterocycles. The number of hydrogen-bond donors (Lipinski definition) is 2. The summed E-state index contributed by atoms with van der Waals surface area (Å²) < 4.78 is 43.4. The maximum Gasteiger partial charge on any atom is 0.416 e. The zero-order valence-electron chi connectivity index (χ0n) is 16.4. The average Bonchev–Trinajstić information content (AvgIpc) is 2.69. The largest absolute Gasteiger partial charge is 0.451 e. The van der Waals surface area contributed by atoms with Gasteiger partial charge in [0, 0.05) is 12.3 Å². The maximum atomic E-state index is 12.8. The minimum absolute atomic E-state index is 0.0180. The maximum absolute atomic E-state index is 12.8. The van der Waals surface area contributed by atoms with Crippen molar-refractivity contribution in [3.05, 3.63) is 56.2 Å². The second-order valence-electron chi connectivity index (χ2n) is 6.41. The van der Waals surface area contributed by atoms with Crippen LogP contribution < -0.4 is 10.6 Å². The van der Waals surface area contributed by atoms with Gasteiger partial charge in [-0.1, -0.05) is 23.2 Å². The molecule has 1 amide bonds. The highest BCUT2D eigenvalue weighted by molar-refractivity contribution is 6.36. The smallest absolute Gasteiger partial charge is 0.416 e. The predicted octanol–water partition coefficient (Wildman–Crippen LogP) is 4.69. The Morgan fingerprint density at radius 3 is 2.44 bits per heavy atom. The first-order valence-corrected chi connectivity index (χ1v) is 9.49. The van der Waals surface area contributed by atoms with Crippen molar-refractivity contribution < 1.29 is 32.4 Å². The van der Waals surface area contributed by atoms with Crippen molar-refractivity contribution in [2.24, 2.45) is 0 Å². The highest BCUT2D eigenvalue weighted by atomic mass is 35.5. The molecule has 2 aromatic rings. The zero-order chi connectivity index (χ0) is 24.2. The molecule has 0 fully saturated rings.